The number of hydrogen-bond acceptors (Lipinski definition) is 4. The SMILES string of the molecule is C[C@H](Oc1ccccc1F)C(=O)NNC(=O)c1sc2cc(F)ccc2c1Cl. The molecule has 0 unspecified atom stereocenters. The number of rotatable bonds is 4. The Balaban J connectivity index is 1.64. The van der Waals surface area contributed by atoms with Crippen molar-refractivity contribution in [1.82, 2.24) is 10.9 Å². The number of para-hydroxylation sites is 1. The first-order chi connectivity index (χ1) is 12.9. The summed E-state index contributed by atoms with van der Waals surface area (Å²) < 4.78 is 32.6. The fourth-order valence-electron chi connectivity index (χ4n) is 2.25. The first-order valence-electron chi connectivity index (χ1n) is 7.75. The van der Waals surface area contributed by atoms with Gasteiger partial charge in [0.1, 0.15) is 10.7 Å². The van der Waals surface area contributed by atoms with Crippen LogP contribution in [-0.2, 0) is 4.79 Å². The predicted molar refractivity (Wildman–Crippen MR) is 98.9 cm³/mol. The van der Waals surface area contributed by atoms with E-state index in [2.05, 4.69) is 10.9 Å². The number of fused-ring (bicyclic) bond motifs is 1. The Bertz CT molecular complexity index is 1030. The van der Waals surface area contributed by atoms with Gasteiger partial charge in [-0.05, 0) is 37.3 Å². The third-order valence-corrected chi connectivity index (χ3v) is 5.26. The molecule has 5 nitrogen and oxygen atoms in total. The van der Waals surface area contributed by atoms with Crippen LogP contribution in [0.2, 0.25) is 5.02 Å². The van der Waals surface area contributed by atoms with Gasteiger partial charge in [0.05, 0.1) is 5.02 Å². The summed E-state index contributed by atoms with van der Waals surface area (Å²) in [5.74, 6) is -2.48. The molecular formula is C18H13ClF2N2O3S. The third-order valence-electron chi connectivity index (χ3n) is 3.61. The molecule has 1 atom stereocenters. The van der Waals surface area contributed by atoms with Crippen molar-refractivity contribution in [2.24, 2.45) is 0 Å². The number of amides is 2. The van der Waals surface area contributed by atoms with Crippen molar-refractivity contribution in [3.63, 3.8) is 0 Å². The van der Waals surface area contributed by atoms with E-state index in [0.717, 1.165) is 11.3 Å². The zero-order chi connectivity index (χ0) is 19.6. The Kier molecular flexibility index (Phi) is 5.57. The molecule has 2 aromatic carbocycles. The molecule has 0 aliphatic rings. The minimum Gasteiger partial charge on any atom is -0.478 e. The Morgan fingerprint density at radius 2 is 1.89 bits per heavy atom. The highest BCUT2D eigenvalue weighted by Crippen LogP contribution is 2.35. The summed E-state index contributed by atoms with van der Waals surface area (Å²) in [5.41, 5.74) is 4.41. The highest BCUT2D eigenvalue weighted by Gasteiger charge is 2.20. The molecule has 27 heavy (non-hydrogen) atoms. The van der Waals surface area contributed by atoms with Crippen LogP contribution in [0, 0.1) is 11.6 Å². The standard InChI is InChI=1S/C18H13ClF2N2O3S/c1-9(26-13-5-3-2-4-12(13)21)17(24)22-23-18(25)16-15(19)11-7-6-10(20)8-14(11)27-16/h2-9H,1H3,(H,22,24)(H,23,25)/t9-/m0/s1. The van der Waals surface area contributed by atoms with Gasteiger partial charge in [0.2, 0.25) is 0 Å². The zero-order valence-electron chi connectivity index (χ0n) is 13.9. The lowest BCUT2D eigenvalue weighted by molar-refractivity contribution is -0.128. The van der Waals surface area contributed by atoms with Crippen molar-refractivity contribution < 1.29 is 23.1 Å². The van der Waals surface area contributed by atoms with Crippen molar-refractivity contribution >= 4 is 44.8 Å². The van der Waals surface area contributed by atoms with Gasteiger partial charge >= 0.3 is 0 Å². The Hall–Kier alpha value is -2.71. The molecule has 140 valence electrons. The molecule has 0 fully saturated rings. The van der Waals surface area contributed by atoms with Crippen molar-refractivity contribution in [3.05, 3.63) is 64.0 Å². The number of thiophene rings is 1. The molecule has 1 heterocycles. The van der Waals surface area contributed by atoms with Gasteiger partial charge in [-0.3, -0.25) is 20.4 Å². The number of ether oxygens (including phenoxy) is 1. The molecule has 0 saturated carbocycles. The lowest BCUT2D eigenvalue weighted by Crippen LogP contribution is -2.47. The largest absolute Gasteiger partial charge is 0.478 e. The number of carbonyl (C=O) groups is 2. The van der Waals surface area contributed by atoms with E-state index in [4.69, 9.17) is 16.3 Å². The van der Waals surface area contributed by atoms with Crippen LogP contribution in [0.5, 0.6) is 5.75 Å². The molecule has 3 rings (SSSR count). The molecular weight excluding hydrogens is 398 g/mol. The first-order valence-corrected chi connectivity index (χ1v) is 8.95. The normalized spacial score (nSPS) is 11.9. The summed E-state index contributed by atoms with van der Waals surface area (Å²) in [6, 6.07) is 9.63. The third kappa shape index (κ3) is 4.17. The minimum absolute atomic E-state index is 0.0824. The van der Waals surface area contributed by atoms with Crippen molar-refractivity contribution in [2.75, 3.05) is 0 Å². The van der Waals surface area contributed by atoms with Crippen LogP contribution in [-0.4, -0.2) is 17.9 Å². The highest BCUT2D eigenvalue weighted by molar-refractivity contribution is 7.21. The van der Waals surface area contributed by atoms with Crippen LogP contribution in [0.1, 0.15) is 16.6 Å². The molecule has 0 radical (unpaired) electrons. The van der Waals surface area contributed by atoms with E-state index in [1.54, 1.807) is 6.07 Å². The van der Waals surface area contributed by atoms with Gasteiger partial charge in [-0.25, -0.2) is 8.78 Å². The molecule has 3 aromatic rings. The molecule has 9 heteroatoms. The fourth-order valence-corrected chi connectivity index (χ4v) is 3.68. The highest BCUT2D eigenvalue weighted by atomic mass is 35.5. The van der Waals surface area contributed by atoms with Crippen molar-refractivity contribution in [1.29, 1.82) is 0 Å². The number of carbonyl (C=O) groups excluding carboxylic acids is 2. The van der Waals surface area contributed by atoms with Gasteiger partial charge in [-0.2, -0.15) is 0 Å². The van der Waals surface area contributed by atoms with Crippen LogP contribution in [0.3, 0.4) is 0 Å². The predicted octanol–water partition coefficient (Wildman–Crippen LogP) is 4.06. The lowest BCUT2D eigenvalue weighted by Gasteiger charge is -2.15. The van der Waals surface area contributed by atoms with E-state index >= 15 is 0 Å². The van der Waals surface area contributed by atoms with Gasteiger partial charge in [0.25, 0.3) is 11.8 Å². The second-order valence-corrected chi connectivity index (χ2v) is 6.95. The van der Waals surface area contributed by atoms with E-state index in [1.807, 2.05) is 0 Å². The molecule has 0 bridgehead atoms. The fraction of sp³-hybridized carbons (Fsp3) is 0.111. The summed E-state index contributed by atoms with van der Waals surface area (Å²) in [6.07, 6.45) is -1.06. The summed E-state index contributed by atoms with van der Waals surface area (Å²) in [6.45, 7) is 1.41. The molecule has 0 saturated heterocycles. The smallest absolute Gasteiger partial charge is 0.281 e. The second kappa shape index (κ2) is 7.89. The number of halogens is 3. The van der Waals surface area contributed by atoms with E-state index in [9.17, 15) is 18.4 Å². The molecule has 0 aliphatic heterocycles. The maximum absolute atomic E-state index is 13.6. The lowest BCUT2D eigenvalue weighted by atomic mass is 10.2. The summed E-state index contributed by atoms with van der Waals surface area (Å²) >= 11 is 7.15. The van der Waals surface area contributed by atoms with Crippen LogP contribution in [0.4, 0.5) is 8.78 Å². The van der Waals surface area contributed by atoms with Crippen molar-refractivity contribution in [2.45, 2.75) is 13.0 Å². The van der Waals surface area contributed by atoms with Gasteiger partial charge < -0.3 is 4.74 Å². The Morgan fingerprint density at radius 1 is 1.15 bits per heavy atom. The molecule has 2 N–H and O–H groups in total. The van der Waals surface area contributed by atoms with Gasteiger partial charge in [-0.15, -0.1) is 11.3 Å². The van der Waals surface area contributed by atoms with Crippen LogP contribution >= 0.6 is 22.9 Å². The van der Waals surface area contributed by atoms with Crippen LogP contribution < -0.4 is 15.6 Å². The zero-order valence-corrected chi connectivity index (χ0v) is 15.5. The number of benzene rings is 2. The van der Waals surface area contributed by atoms with E-state index < -0.39 is 29.6 Å². The topological polar surface area (TPSA) is 67.4 Å². The summed E-state index contributed by atoms with van der Waals surface area (Å²) in [4.78, 5) is 24.4. The number of hydrazine groups is 1. The summed E-state index contributed by atoms with van der Waals surface area (Å²) in [5, 5.41) is 0.702. The second-order valence-electron chi connectivity index (χ2n) is 5.52. The van der Waals surface area contributed by atoms with Gasteiger partial charge in [0.15, 0.2) is 17.7 Å². The molecule has 2 amide bonds. The van der Waals surface area contributed by atoms with Crippen LogP contribution in [0.15, 0.2) is 42.5 Å². The Labute approximate surface area is 161 Å². The first kappa shape index (κ1) is 19.1. The van der Waals surface area contributed by atoms with E-state index in [0.29, 0.717) is 10.1 Å². The van der Waals surface area contributed by atoms with E-state index in [1.165, 1.54) is 43.3 Å². The molecule has 0 spiro atoms. The van der Waals surface area contributed by atoms with Gasteiger partial charge in [-0.1, -0.05) is 23.7 Å². The minimum atomic E-state index is -1.06. The maximum atomic E-state index is 13.6. The van der Waals surface area contributed by atoms with E-state index in [-0.39, 0.29) is 15.6 Å². The molecule has 1 aromatic heterocycles. The average Bonchev–Trinajstić information content (AvgIpc) is 2.97. The number of hydrogen-bond donors (Lipinski definition) is 2. The maximum Gasteiger partial charge on any atom is 0.281 e. The number of nitrogens with one attached hydrogen (secondary N) is 2. The van der Waals surface area contributed by atoms with Gasteiger partial charge in [0, 0.05) is 10.1 Å². The average molecular weight is 411 g/mol. The molecule has 0 aliphatic carbocycles. The summed E-state index contributed by atoms with van der Waals surface area (Å²) in [7, 11) is 0. The monoisotopic (exact) mass is 410 g/mol. The quantitative estimate of drug-likeness (QED) is 0.637. The Morgan fingerprint density at radius 3 is 2.63 bits per heavy atom. The van der Waals surface area contributed by atoms with Crippen LogP contribution in [0.25, 0.3) is 10.1 Å². The van der Waals surface area contributed by atoms with Crippen molar-refractivity contribution in [3.8, 4) is 5.75 Å².